The smallest absolute Gasteiger partial charge is 0.429 e. The fourth-order valence-electron chi connectivity index (χ4n) is 7.37. The molecule has 0 aliphatic rings. The Labute approximate surface area is 460 Å². The topological polar surface area (TPSA) is 128 Å². The Morgan fingerprint density at radius 2 is 0.795 bits per heavy atom. The Balaban J connectivity index is 0.000000208. The van der Waals surface area contributed by atoms with E-state index in [1.807, 2.05) is 18.2 Å². The summed E-state index contributed by atoms with van der Waals surface area (Å²) in [5, 5.41) is 17.5. The molecule has 0 aliphatic carbocycles. The van der Waals surface area contributed by atoms with E-state index in [2.05, 4.69) is 37.5 Å². The number of aromatic nitrogens is 2. The van der Waals surface area contributed by atoms with E-state index in [1.54, 1.807) is 42.7 Å². The molecule has 438 valence electrons. The van der Waals surface area contributed by atoms with E-state index in [-0.39, 0.29) is 42.0 Å². The summed E-state index contributed by atoms with van der Waals surface area (Å²) in [4.78, 5) is 8.67. The van der Waals surface area contributed by atoms with Gasteiger partial charge in [0.05, 0.1) is 11.4 Å². The van der Waals surface area contributed by atoms with Gasteiger partial charge >= 0.3 is 35.0 Å². The molecule has 0 unspecified atom stereocenters. The summed E-state index contributed by atoms with van der Waals surface area (Å²) in [5.41, 5.74) is -4.67. The molecule has 2 heterocycles. The van der Waals surface area contributed by atoms with E-state index >= 15 is 0 Å². The van der Waals surface area contributed by atoms with Crippen LogP contribution in [0.3, 0.4) is 0 Å². The van der Waals surface area contributed by atoms with Crippen molar-refractivity contribution in [3.8, 4) is 50.9 Å². The molecule has 0 spiro atoms. The Morgan fingerprint density at radius 3 is 1.12 bits per heavy atom. The van der Waals surface area contributed by atoms with Crippen molar-refractivity contribution in [2.75, 3.05) is 0 Å². The lowest BCUT2D eigenvalue weighted by molar-refractivity contribution is -0.190. The van der Waals surface area contributed by atoms with E-state index in [0.717, 1.165) is 54.5 Å². The third kappa shape index (κ3) is 16.1. The van der Waals surface area contributed by atoms with Crippen LogP contribution in [-0.4, -0.2) is 41.1 Å². The van der Waals surface area contributed by atoms with Gasteiger partial charge in [0.25, 0.3) is 0 Å². The maximum absolute atomic E-state index is 14.6. The van der Waals surface area contributed by atoms with E-state index in [1.165, 1.54) is 12.1 Å². The van der Waals surface area contributed by atoms with Crippen LogP contribution in [0.1, 0.15) is 48.9 Å². The van der Waals surface area contributed by atoms with Gasteiger partial charge in [-0.05, 0) is 101 Å². The highest BCUT2D eigenvalue weighted by Gasteiger charge is 2.49. The first-order valence-corrected chi connectivity index (χ1v) is 25.1. The molecule has 6 aromatic carbocycles. The van der Waals surface area contributed by atoms with E-state index in [0.29, 0.717) is 34.6 Å². The Bertz CT molecular complexity index is 3580. The number of hydrogen-bond acceptors (Lipinski definition) is 9. The predicted octanol–water partition coefficient (Wildman–Crippen LogP) is 14.3. The van der Waals surface area contributed by atoms with Gasteiger partial charge in [0.2, 0.25) is 0 Å². The van der Waals surface area contributed by atoms with Crippen molar-refractivity contribution >= 4 is 22.7 Å². The second kappa shape index (κ2) is 26.3. The minimum absolute atomic E-state index is 0.0266. The maximum Gasteiger partial charge on any atom is 0.534 e. The van der Waals surface area contributed by atoms with Gasteiger partial charge in [-0.1, -0.05) is 63.1 Å². The molecule has 9 nitrogen and oxygen atoms in total. The zero-order valence-corrected chi connectivity index (χ0v) is 43.1. The average Bonchev–Trinajstić information content (AvgIpc) is 3.11. The molecule has 2 aromatic heterocycles. The van der Waals surface area contributed by atoms with Gasteiger partial charge in [0.15, 0.2) is 34.9 Å². The van der Waals surface area contributed by atoms with Crippen LogP contribution < -0.4 is 19.1 Å². The standard InChI is InChI=1S/C27H18F7NO.C15H14F3NO3S.C13H6BF7O3/c1-2-3-15-4-9-24(35-14-15)17-7-5-16(6-8-17)18-10-20(28)25(21(29)11-18)27(33,34)36-19-12-22(30)26(32)23(31)13-19;1-2-3-11-4-9-14(19-10-11)12-5-7-13(8-6-12)22-23(20,21)15(16,17)18;15-7-1-5(14(22)23)2-8(16)11(7)13(20,21)24-6-3-9(17)12(19)10(18)4-6/h4-14H,2-3H2,1H3;4-10H,2-3H2,1H3;1-4,22-23H. The van der Waals surface area contributed by atoms with Gasteiger partial charge in [-0.15, -0.1) is 0 Å². The summed E-state index contributed by atoms with van der Waals surface area (Å²) in [6.45, 7) is 4.12. The first-order chi connectivity index (χ1) is 38.8. The molecule has 8 rings (SSSR count). The van der Waals surface area contributed by atoms with Gasteiger partial charge in [0, 0.05) is 47.8 Å². The Hall–Kier alpha value is -8.24. The quantitative estimate of drug-likeness (QED) is 0.0319. The number of halogens is 17. The van der Waals surface area contributed by atoms with Crippen LogP contribution in [0.2, 0.25) is 0 Å². The summed E-state index contributed by atoms with van der Waals surface area (Å²) in [5.74, 6) is -21.0. The number of aryl methyl sites for hydroxylation is 2. The lowest BCUT2D eigenvalue weighted by atomic mass is 9.79. The van der Waals surface area contributed by atoms with Crippen molar-refractivity contribution < 1.29 is 107 Å². The van der Waals surface area contributed by atoms with Crippen molar-refractivity contribution in [2.45, 2.75) is 57.3 Å². The van der Waals surface area contributed by atoms with E-state index in [9.17, 15) is 83.1 Å². The number of nitrogens with zero attached hydrogens (tertiary/aromatic N) is 2. The number of ether oxygens (including phenoxy) is 2. The van der Waals surface area contributed by atoms with Crippen LogP contribution in [0.15, 0.2) is 134 Å². The molecular formula is C55H38BF17N2O7S. The minimum atomic E-state index is -5.66. The zero-order chi connectivity index (χ0) is 61.4. The average molecular weight is 1200 g/mol. The lowest BCUT2D eigenvalue weighted by Crippen LogP contribution is -2.33. The first kappa shape index (κ1) is 63.9. The second-order valence-electron chi connectivity index (χ2n) is 17.4. The summed E-state index contributed by atoms with van der Waals surface area (Å²) in [7, 11) is -7.98. The molecule has 8 aromatic rings. The highest BCUT2D eigenvalue weighted by atomic mass is 32.2. The lowest BCUT2D eigenvalue weighted by Gasteiger charge is -2.20. The third-order valence-electron chi connectivity index (χ3n) is 11.3. The van der Waals surface area contributed by atoms with Crippen LogP contribution in [0.5, 0.6) is 17.2 Å². The summed E-state index contributed by atoms with van der Waals surface area (Å²) >= 11 is 0. The molecule has 0 aliphatic heterocycles. The molecule has 28 heteroatoms. The molecule has 0 fully saturated rings. The van der Waals surface area contributed by atoms with Gasteiger partial charge in [-0.25, -0.2) is 43.9 Å². The van der Waals surface area contributed by atoms with Crippen molar-refractivity contribution in [3.63, 3.8) is 0 Å². The normalized spacial score (nSPS) is 11.7. The van der Waals surface area contributed by atoms with Crippen LogP contribution >= 0.6 is 0 Å². The van der Waals surface area contributed by atoms with Gasteiger partial charge in [-0.2, -0.15) is 39.2 Å². The van der Waals surface area contributed by atoms with Gasteiger partial charge in [0.1, 0.15) is 51.6 Å². The fourth-order valence-corrected chi connectivity index (χ4v) is 7.83. The minimum Gasteiger partial charge on any atom is -0.429 e. The van der Waals surface area contributed by atoms with E-state index < -0.39 is 127 Å². The monoisotopic (exact) mass is 1200 g/mol. The largest absolute Gasteiger partial charge is 0.534 e. The highest BCUT2D eigenvalue weighted by Crippen LogP contribution is 2.39. The maximum atomic E-state index is 14.6. The van der Waals surface area contributed by atoms with Crippen molar-refractivity contribution in [1.29, 1.82) is 0 Å². The first-order valence-electron chi connectivity index (χ1n) is 23.7. The number of benzene rings is 6. The molecule has 0 bridgehead atoms. The van der Waals surface area contributed by atoms with Crippen LogP contribution in [0.4, 0.5) is 74.6 Å². The predicted molar refractivity (Wildman–Crippen MR) is 266 cm³/mol. The fraction of sp³-hybridized carbons (Fsp3) is 0.164. The number of alkyl halides is 7. The van der Waals surface area contributed by atoms with Crippen molar-refractivity contribution in [3.05, 3.63) is 214 Å². The number of pyridine rings is 2. The SMILES string of the molecule is CCCc1ccc(-c2ccc(-c3cc(F)c(C(F)(F)Oc4cc(F)c(F)c(F)c4)c(F)c3)cc2)nc1.CCCc1ccc(-c2ccc(OS(=O)(=O)C(F)(F)F)cc2)nc1.OB(O)c1cc(F)c(C(F)(F)Oc2cc(F)c(F)c(F)c2)c(F)c1. The highest BCUT2D eigenvalue weighted by molar-refractivity contribution is 7.88. The third-order valence-corrected chi connectivity index (χ3v) is 12.3. The van der Waals surface area contributed by atoms with Crippen LogP contribution in [0.25, 0.3) is 33.6 Å². The van der Waals surface area contributed by atoms with E-state index in [4.69, 9.17) is 10.0 Å². The summed E-state index contributed by atoms with van der Waals surface area (Å²) in [6.07, 6.45) is -2.07. The molecule has 83 heavy (non-hydrogen) atoms. The second-order valence-corrected chi connectivity index (χ2v) is 18.9. The molecule has 0 saturated heterocycles. The molecule has 0 amide bonds. The van der Waals surface area contributed by atoms with Crippen molar-refractivity contribution in [1.82, 2.24) is 9.97 Å². The zero-order valence-electron chi connectivity index (χ0n) is 42.3. The Kier molecular flexibility index (Phi) is 20.3. The Morgan fingerprint density at radius 1 is 0.446 bits per heavy atom. The molecule has 2 N–H and O–H groups in total. The number of hydrogen-bond donors (Lipinski definition) is 2. The molecule has 0 radical (unpaired) electrons. The molecule has 0 saturated carbocycles. The van der Waals surface area contributed by atoms with Crippen LogP contribution in [-0.2, 0) is 35.2 Å². The molecule has 0 atom stereocenters. The summed E-state index contributed by atoms with van der Waals surface area (Å²) in [6, 6.07) is 21.4. The molecular weight excluding hydrogens is 1170 g/mol. The summed E-state index contributed by atoms with van der Waals surface area (Å²) < 4.78 is 262. The van der Waals surface area contributed by atoms with Crippen molar-refractivity contribution in [2.24, 2.45) is 0 Å². The van der Waals surface area contributed by atoms with Gasteiger partial charge in [-0.3, -0.25) is 9.97 Å². The number of rotatable bonds is 16. The van der Waals surface area contributed by atoms with Gasteiger partial charge < -0.3 is 23.7 Å². The van der Waals surface area contributed by atoms with Crippen LogP contribution in [0, 0.1) is 58.2 Å².